The Kier molecular flexibility index (Phi) is 3.75. The van der Waals surface area contributed by atoms with Gasteiger partial charge >= 0.3 is 6.01 Å². The molecule has 0 radical (unpaired) electrons. The van der Waals surface area contributed by atoms with Gasteiger partial charge in [-0.25, -0.2) is 0 Å². The Morgan fingerprint density at radius 1 is 1.24 bits per heavy atom. The van der Waals surface area contributed by atoms with E-state index in [1.165, 1.54) is 34.8 Å². The third kappa shape index (κ3) is 2.99. The number of thiophene rings is 2. The number of hydrogen-bond donors (Lipinski definition) is 1. The van der Waals surface area contributed by atoms with Gasteiger partial charge in [-0.3, -0.25) is 20.2 Å². The highest BCUT2D eigenvalue weighted by Gasteiger charge is 2.16. The van der Waals surface area contributed by atoms with Gasteiger partial charge in [0.05, 0.1) is 9.80 Å². The summed E-state index contributed by atoms with van der Waals surface area (Å²) in [6.07, 6.45) is 0. The predicted octanol–water partition coefficient (Wildman–Crippen LogP) is 4.17. The van der Waals surface area contributed by atoms with E-state index in [-0.39, 0.29) is 11.7 Å². The minimum absolute atomic E-state index is 0.00497. The number of benzene rings is 1. The summed E-state index contributed by atoms with van der Waals surface area (Å²) >= 11 is 2.73. The van der Waals surface area contributed by atoms with Gasteiger partial charge in [-0.1, -0.05) is 5.10 Å². The van der Waals surface area contributed by atoms with Crippen LogP contribution in [0.2, 0.25) is 0 Å². The smallest absolute Gasteiger partial charge is 0.322 e. The molecule has 25 heavy (non-hydrogen) atoms. The second kappa shape index (κ2) is 6.07. The molecule has 10 heteroatoms. The lowest BCUT2D eigenvalue weighted by Gasteiger charge is -1.95. The monoisotopic (exact) mass is 372 g/mol. The first kappa shape index (κ1) is 15.4. The maximum atomic E-state index is 12.3. The van der Waals surface area contributed by atoms with Crippen molar-refractivity contribution in [2.75, 3.05) is 5.32 Å². The van der Waals surface area contributed by atoms with Crippen LogP contribution >= 0.6 is 22.7 Å². The van der Waals surface area contributed by atoms with Crippen LogP contribution < -0.4 is 5.32 Å². The normalized spacial score (nSPS) is 10.9. The number of nitro benzene ring substituents is 1. The van der Waals surface area contributed by atoms with Crippen LogP contribution in [0.25, 0.3) is 21.5 Å². The molecule has 0 atom stereocenters. The van der Waals surface area contributed by atoms with E-state index >= 15 is 0 Å². The van der Waals surface area contributed by atoms with Gasteiger partial charge in [0.1, 0.15) is 0 Å². The molecule has 0 aliphatic carbocycles. The Morgan fingerprint density at radius 3 is 2.88 bits per heavy atom. The number of fused-ring (bicyclic) bond motifs is 1. The first-order valence-corrected chi connectivity index (χ1v) is 8.71. The largest absolute Gasteiger partial charge is 0.403 e. The van der Waals surface area contributed by atoms with Crippen LogP contribution in [0.5, 0.6) is 0 Å². The molecule has 0 spiro atoms. The van der Waals surface area contributed by atoms with E-state index in [4.69, 9.17) is 4.42 Å². The number of amides is 1. The number of non-ortho nitro benzene ring substituents is 1. The number of hydrogen-bond acceptors (Lipinski definition) is 8. The quantitative estimate of drug-likeness (QED) is 0.425. The summed E-state index contributed by atoms with van der Waals surface area (Å²) in [5.41, 5.74) is 0.765. The minimum Gasteiger partial charge on any atom is -0.403 e. The number of aromatic nitrogens is 2. The zero-order valence-electron chi connectivity index (χ0n) is 12.3. The highest BCUT2D eigenvalue weighted by atomic mass is 32.1. The number of carbonyl (C=O) groups excluding carboxylic acids is 1. The maximum Gasteiger partial charge on any atom is 0.322 e. The Hall–Kier alpha value is -3.11. The van der Waals surface area contributed by atoms with E-state index in [1.807, 2.05) is 16.8 Å². The maximum absolute atomic E-state index is 12.3. The number of nitrogens with one attached hydrogen (secondary N) is 1. The fraction of sp³-hybridized carbons (Fsp3) is 0. The lowest BCUT2D eigenvalue weighted by molar-refractivity contribution is -0.384. The second-order valence-corrected chi connectivity index (χ2v) is 6.83. The van der Waals surface area contributed by atoms with Gasteiger partial charge in [0, 0.05) is 33.2 Å². The molecule has 0 aliphatic heterocycles. The number of rotatable bonds is 4. The first-order chi connectivity index (χ1) is 12.1. The minimum atomic E-state index is -0.471. The van der Waals surface area contributed by atoms with Crippen molar-refractivity contribution in [1.82, 2.24) is 10.2 Å². The molecular weight excluding hydrogens is 364 g/mol. The van der Waals surface area contributed by atoms with Crippen LogP contribution in [0.4, 0.5) is 11.7 Å². The van der Waals surface area contributed by atoms with Crippen molar-refractivity contribution in [3.63, 3.8) is 0 Å². The molecule has 4 rings (SSSR count). The van der Waals surface area contributed by atoms with Gasteiger partial charge < -0.3 is 4.42 Å². The number of anilines is 1. The van der Waals surface area contributed by atoms with Gasteiger partial charge in [0.2, 0.25) is 0 Å². The molecule has 1 N–H and O–H groups in total. The Balaban J connectivity index is 1.56. The molecule has 0 saturated heterocycles. The van der Waals surface area contributed by atoms with Crippen molar-refractivity contribution in [1.29, 1.82) is 0 Å². The average molecular weight is 372 g/mol. The molecule has 1 amide bonds. The Labute approximate surface area is 147 Å². The Bertz CT molecular complexity index is 1080. The molecule has 3 aromatic heterocycles. The van der Waals surface area contributed by atoms with Gasteiger partial charge in [-0.15, -0.1) is 16.4 Å². The molecule has 0 aliphatic rings. The number of carbonyl (C=O) groups is 1. The van der Waals surface area contributed by atoms with Gasteiger partial charge in [-0.05, 0) is 23.6 Å². The van der Waals surface area contributed by atoms with Gasteiger partial charge in [0.25, 0.3) is 17.5 Å². The van der Waals surface area contributed by atoms with Crippen molar-refractivity contribution in [2.45, 2.75) is 0 Å². The van der Waals surface area contributed by atoms with Crippen molar-refractivity contribution in [3.8, 4) is 11.5 Å². The van der Waals surface area contributed by atoms with E-state index in [0.717, 1.165) is 10.3 Å². The highest BCUT2D eigenvalue weighted by molar-refractivity contribution is 7.20. The second-order valence-electron chi connectivity index (χ2n) is 4.97. The van der Waals surface area contributed by atoms with Gasteiger partial charge in [-0.2, -0.15) is 11.3 Å². The molecule has 0 unspecified atom stereocenters. The van der Waals surface area contributed by atoms with Crippen LogP contribution in [-0.4, -0.2) is 21.0 Å². The van der Waals surface area contributed by atoms with E-state index in [2.05, 4.69) is 15.5 Å². The fourth-order valence-electron chi connectivity index (χ4n) is 2.19. The molecular formula is C15H8N4O4S2. The molecule has 8 nitrogen and oxygen atoms in total. The summed E-state index contributed by atoms with van der Waals surface area (Å²) in [6, 6.07) is 7.89. The van der Waals surface area contributed by atoms with E-state index in [9.17, 15) is 14.9 Å². The Morgan fingerprint density at radius 2 is 2.12 bits per heavy atom. The van der Waals surface area contributed by atoms with Gasteiger partial charge in [0.15, 0.2) is 0 Å². The number of nitrogens with zero attached hydrogens (tertiary/aromatic N) is 3. The molecule has 4 aromatic rings. The summed E-state index contributed by atoms with van der Waals surface area (Å²) in [5, 5.41) is 25.4. The molecule has 1 aromatic carbocycles. The average Bonchev–Trinajstić information content (AvgIpc) is 3.33. The molecule has 0 fully saturated rings. The standard InChI is InChI=1S/C15H8N4O4S2/c20-13(16-15-18-17-14(23-15)8-3-4-24-7-8)12-6-9-5-10(19(21)22)1-2-11(9)25-12/h1-7H,(H,16,18,20). The molecule has 0 saturated carbocycles. The van der Waals surface area contributed by atoms with Crippen LogP contribution in [-0.2, 0) is 0 Å². The predicted molar refractivity (Wildman–Crippen MR) is 94.0 cm³/mol. The summed E-state index contributed by atoms with van der Waals surface area (Å²) in [6.45, 7) is 0. The van der Waals surface area contributed by atoms with Crippen molar-refractivity contribution in [2.24, 2.45) is 0 Å². The SMILES string of the molecule is O=C(Nc1nnc(-c2ccsc2)o1)c1cc2cc([N+](=O)[O-])ccc2s1. The zero-order valence-corrected chi connectivity index (χ0v) is 14.0. The highest BCUT2D eigenvalue weighted by Crippen LogP contribution is 2.29. The lowest BCUT2D eigenvalue weighted by Crippen LogP contribution is -2.10. The fourth-order valence-corrected chi connectivity index (χ4v) is 3.76. The number of nitro groups is 1. The molecule has 0 bridgehead atoms. The summed E-state index contributed by atoms with van der Waals surface area (Å²) in [4.78, 5) is 23.1. The lowest BCUT2D eigenvalue weighted by atomic mass is 10.2. The van der Waals surface area contributed by atoms with Crippen molar-refractivity contribution in [3.05, 3.63) is 56.1 Å². The van der Waals surface area contributed by atoms with E-state index in [1.54, 1.807) is 12.1 Å². The first-order valence-electron chi connectivity index (χ1n) is 6.95. The van der Waals surface area contributed by atoms with Crippen molar-refractivity contribution < 1.29 is 14.1 Å². The van der Waals surface area contributed by atoms with Crippen molar-refractivity contribution >= 4 is 50.4 Å². The van der Waals surface area contributed by atoms with Crippen LogP contribution in [0, 0.1) is 10.1 Å². The third-order valence-electron chi connectivity index (χ3n) is 3.35. The van der Waals surface area contributed by atoms with E-state index in [0.29, 0.717) is 16.2 Å². The zero-order chi connectivity index (χ0) is 17.4. The molecule has 124 valence electrons. The summed E-state index contributed by atoms with van der Waals surface area (Å²) < 4.78 is 6.19. The summed E-state index contributed by atoms with van der Waals surface area (Å²) in [7, 11) is 0. The third-order valence-corrected chi connectivity index (χ3v) is 5.15. The van der Waals surface area contributed by atoms with E-state index < -0.39 is 10.8 Å². The van der Waals surface area contributed by atoms with Crippen LogP contribution in [0.1, 0.15) is 9.67 Å². The van der Waals surface area contributed by atoms with Crippen LogP contribution in [0.3, 0.4) is 0 Å². The summed E-state index contributed by atoms with van der Waals surface area (Å²) in [5.74, 6) is -0.0899. The topological polar surface area (TPSA) is 111 Å². The molecule has 3 heterocycles. The van der Waals surface area contributed by atoms with Crippen LogP contribution in [0.15, 0.2) is 45.5 Å².